The fourth-order valence-electron chi connectivity index (χ4n) is 3.14. The topological polar surface area (TPSA) is 56.3 Å². The van der Waals surface area contributed by atoms with E-state index in [4.69, 9.17) is 0 Å². The van der Waals surface area contributed by atoms with Crippen LogP contribution in [0.5, 0.6) is 0 Å². The number of aromatic nitrogens is 1. The number of carbonyl (C=O) groups is 1. The van der Waals surface area contributed by atoms with Crippen molar-refractivity contribution in [2.24, 2.45) is 0 Å². The number of piperidine rings is 1. The van der Waals surface area contributed by atoms with Crippen LogP contribution >= 0.6 is 0 Å². The Balaban J connectivity index is 1.92. The molecule has 1 aromatic carbocycles. The predicted octanol–water partition coefficient (Wildman–Crippen LogP) is 2.55. The van der Waals surface area contributed by atoms with Crippen LogP contribution in [0.1, 0.15) is 36.0 Å². The number of nitrogens with one attached hydrogen (secondary N) is 1. The standard InChI is InChI=1S/C16H20N2O2/c19-11-8-12-4-1-2-10-18(12)16(20)14-5-3-6-15-13(14)7-9-17-15/h3,5-7,9,12,17,19H,1-2,4,8,10-11H2. The van der Waals surface area contributed by atoms with E-state index < -0.39 is 0 Å². The Morgan fingerprint density at radius 1 is 1.35 bits per heavy atom. The Kier molecular flexibility index (Phi) is 3.74. The van der Waals surface area contributed by atoms with Crippen LogP contribution in [0.3, 0.4) is 0 Å². The van der Waals surface area contributed by atoms with E-state index in [0.717, 1.165) is 42.3 Å². The summed E-state index contributed by atoms with van der Waals surface area (Å²) in [5.41, 5.74) is 1.75. The van der Waals surface area contributed by atoms with Crippen molar-refractivity contribution in [2.45, 2.75) is 31.7 Å². The highest BCUT2D eigenvalue weighted by atomic mass is 16.3. The number of aliphatic hydroxyl groups is 1. The number of aliphatic hydroxyl groups excluding tert-OH is 1. The molecule has 1 aromatic heterocycles. The van der Waals surface area contributed by atoms with Crippen LogP contribution in [0.15, 0.2) is 30.5 Å². The minimum atomic E-state index is 0.0911. The number of rotatable bonds is 3. The van der Waals surface area contributed by atoms with Gasteiger partial charge in [-0.05, 0) is 43.9 Å². The predicted molar refractivity (Wildman–Crippen MR) is 78.7 cm³/mol. The molecule has 1 atom stereocenters. The Bertz CT molecular complexity index is 603. The largest absolute Gasteiger partial charge is 0.396 e. The molecule has 2 aromatic rings. The van der Waals surface area contributed by atoms with Crippen molar-refractivity contribution >= 4 is 16.8 Å². The highest BCUT2D eigenvalue weighted by molar-refractivity contribution is 6.06. The lowest BCUT2D eigenvalue weighted by Crippen LogP contribution is -2.44. The van der Waals surface area contributed by atoms with Crippen molar-refractivity contribution in [3.05, 3.63) is 36.0 Å². The van der Waals surface area contributed by atoms with E-state index in [-0.39, 0.29) is 18.6 Å². The number of benzene rings is 1. The molecule has 1 unspecified atom stereocenters. The SMILES string of the molecule is O=C(c1cccc2[nH]ccc12)N1CCCCC1CCO. The third-order valence-corrected chi connectivity index (χ3v) is 4.18. The highest BCUT2D eigenvalue weighted by Gasteiger charge is 2.27. The molecule has 3 rings (SSSR count). The van der Waals surface area contributed by atoms with Gasteiger partial charge in [-0.3, -0.25) is 4.79 Å². The van der Waals surface area contributed by atoms with Gasteiger partial charge in [0, 0.05) is 41.9 Å². The first-order chi connectivity index (χ1) is 9.81. The van der Waals surface area contributed by atoms with E-state index in [1.54, 1.807) is 0 Å². The Labute approximate surface area is 118 Å². The molecule has 1 fully saturated rings. The second-order valence-electron chi connectivity index (χ2n) is 5.40. The molecule has 106 valence electrons. The molecular formula is C16H20N2O2. The van der Waals surface area contributed by atoms with Crippen LogP contribution in [0.2, 0.25) is 0 Å². The Hall–Kier alpha value is -1.81. The van der Waals surface area contributed by atoms with Crippen molar-refractivity contribution in [2.75, 3.05) is 13.2 Å². The summed E-state index contributed by atoms with van der Waals surface area (Å²) in [6, 6.07) is 7.91. The first-order valence-corrected chi connectivity index (χ1v) is 7.29. The molecule has 0 bridgehead atoms. The van der Waals surface area contributed by atoms with Gasteiger partial charge in [0.05, 0.1) is 0 Å². The van der Waals surface area contributed by atoms with E-state index in [2.05, 4.69) is 4.98 Å². The molecule has 0 aliphatic carbocycles. The smallest absolute Gasteiger partial charge is 0.254 e. The number of nitrogens with zero attached hydrogens (tertiary/aromatic N) is 1. The Morgan fingerprint density at radius 3 is 3.10 bits per heavy atom. The van der Waals surface area contributed by atoms with E-state index in [1.807, 2.05) is 35.4 Å². The molecule has 20 heavy (non-hydrogen) atoms. The fraction of sp³-hybridized carbons (Fsp3) is 0.438. The van der Waals surface area contributed by atoms with Crippen molar-refractivity contribution in [3.63, 3.8) is 0 Å². The average Bonchev–Trinajstić information content (AvgIpc) is 2.96. The average molecular weight is 272 g/mol. The van der Waals surface area contributed by atoms with Gasteiger partial charge < -0.3 is 15.0 Å². The summed E-state index contributed by atoms with van der Waals surface area (Å²) in [5.74, 6) is 0.0911. The molecule has 4 heteroatoms. The van der Waals surface area contributed by atoms with Crippen LogP contribution < -0.4 is 0 Å². The zero-order valence-corrected chi connectivity index (χ0v) is 11.5. The molecule has 1 saturated heterocycles. The summed E-state index contributed by atoms with van der Waals surface area (Å²) < 4.78 is 0. The zero-order chi connectivity index (χ0) is 13.9. The number of likely N-dealkylation sites (tertiary alicyclic amines) is 1. The lowest BCUT2D eigenvalue weighted by Gasteiger charge is -2.35. The number of hydrogen-bond acceptors (Lipinski definition) is 2. The molecule has 1 aliphatic heterocycles. The van der Waals surface area contributed by atoms with Crippen LogP contribution in [-0.2, 0) is 0 Å². The molecular weight excluding hydrogens is 252 g/mol. The maximum absolute atomic E-state index is 12.8. The third-order valence-electron chi connectivity index (χ3n) is 4.18. The number of aromatic amines is 1. The van der Waals surface area contributed by atoms with Crippen molar-refractivity contribution in [1.29, 1.82) is 0 Å². The second kappa shape index (κ2) is 5.67. The molecule has 1 aliphatic rings. The molecule has 0 spiro atoms. The lowest BCUT2D eigenvalue weighted by molar-refractivity contribution is 0.0576. The molecule has 0 radical (unpaired) electrons. The Morgan fingerprint density at radius 2 is 2.25 bits per heavy atom. The summed E-state index contributed by atoms with van der Waals surface area (Å²) in [5, 5.41) is 10.2. The zero-order valence-electron chi connectivity index (χ0n) is 11.5. The summed E-state index contributed by atoms with van der Waals surface area (Å²) in [7, 11) is 0. The van der Waals surface area contributed by atoms with Gasteiger partial charge in [-0.1, -0.05) is 6.07 Å². The van der Waals surface area contributed by atoms with E-state index in [9.17, 15) is 9.90 Å². The number of hydrogen-bond donors (Lipinski definition) is 2. The van der Waals surface area contributed by atoms with Gasteiger partial charge in [-0.2, -0.15) is 0 Å². The number of fused-ring (bicyclic) bond motifs is 1. The summed E-state index contributed by atoms with van der Waals surface area (Å²) in [6.07, 6.45) is 5.73. The van der Waals surface area contributed by atoms with Gasteiger partial charge in [0.25, 0.3) is 5.91 Å². The number of amides is 1. The summed E-state index contributed by atoms with van der Waals surface area (Å²) in [4.78, 5) is 17.9. The first-order valence-electron chi connectivity index (χ1n) is 7.29. The molecule has 1 amide bonds. The minimum absolute atomic E-state index is 0.0911. The molecule has 4 nitrogen and oxygen atoms in total. The molecule has 2 N–H and O–H groups in total. The maximum atomic E-state index is 12.8. The molecule has 0 saturated carbocycles. The third kappa shape index (κ3) is 2.31. The van der Waals surface area contributed by atoms with E-state index in [1.165, 1.54) is 0 Å². The van der Waals surface area contributed by atoms with Gasteiger partial charge in [0.15, 0.2) is 0 Å². The van der Waals surface area contributed by atoms with Crippen molar-refractivity contribution < 1.29 is 9.90 Å². The van der Waals surface area contributed by atoms with E-state index in [0.29, 0.717) is 6.42 Å². The van der Waals surface area contributed by atoms with Gasteiger partial charge in [-0.25, -0.2) is 0 Å². The normalized spacial score (nSPS) is 19.4. The van der Waals surface area contributed by atoms with Crippen molar-refractivity contribution in [1.82, 2.24) is 9.88 Å². The van der Waals surface area contributed by atoms with Crippen LogP contribution in [-0.4, -0.2) is 40.1 Å². The van der Waals surface area contributed by atoms with Gasteiger partial charge in [-0.15, -0.1) is 0 Å². The van der Waals surface area contributed by atoms with Crippen LogP contribution in [0.4, 0.5) is 0 Å². The number of carbonyl (C=O) groups excluding carboxylic acids is 1. The van der Waals surface area contributed by atoms with Crippen LogP contribution in [0, 0.1) is 0 Å². The number of H-pyrrole nitrogens is 1. The fourth-order valence-corrected chi connectivity index (χ4v) is 3.14. The monoisotopic (exact) mass is 272 g/mol. The van der Waals surface area contributed by atoms with Gasteiger partial charge in [0.1, 0.15) is 0 Å². The minimum Gasteiger partial charge on any atom is -0.396 e. The molecule has 2 heterocycles. The lowest BCUT2D eigenvalue weighted by atomic mass is 9.98. The second-order valence-corrected chi connectivity index (χ2v) is 5.40. The quantitative estimate of drug-likeness (QED) is 0.902. The first kappa shape index (κ1) is 13.2. The highest BCUT2D eigenvalue weighted by Crippen LogP contribution is 2.25. The van der Waals surface area contributed by atoms with Gasteiger partial charge in [0.2, 0.25) is 0 Å². The summed E-state index contributed by atoms with van der Waals surface area (Å²) >= 11 is 0. The van der Waals surface area contributed by atoms with Crippen molar-refractivity contribution in [3.8, 4) is 0 Å². The van der Waals surface area contributed by atoms with E-state index >= 15 is 0 Å². The van der Waals surface area contributed by atoms with Gasteiger partial charge >= 0.3 is 0 Å². The maximum Gasteiger partial charge on any atom is 0.254 e. The van der Waals surface area contributed by atoms with Crippen LogP contribution in [0.25, 0.3) is 10.9 Å². The summed E-state index contributed by atoms with van der Waals surface area (Å²) in [6.45, 7) is 0.938.